The first kappa shape index (κ1) is 28.2. The zero-order valence-corrected chi connectivity index (χ0v) is 26.7. The van der Waals surface area contributed by atoms with Gasteiger partial charge >= 0.3 is 0 Å². The standard InChI is InChI=1S/C45H27N3O2/c1-3-11-28(12-4-1)29-19-21-30(22-20-29)33-25-26-37(41-36-16-8-10-18-39(36)50-42(33)41)45-47-43(31-13-5-2-6-14-31)46-44(48-45)32-23-24-35-34-15-7-9-17-38(34)49-40(35)27-32/h1-27H. The molecular weight excluding hydrogens is 615 g/mol. The molecule has 0 radical (unpaired) electrons. The SMILES string of the molecule is c1ccc(-c2ccc(-c3ccc(-c4nc(-c5ccccc5)nc(-c5ccc6c(c5)oc5ccccc56)n4)c4c3oc3ccccc34)cc2)cc1. The first-order valence-electron chi connectivity index (χ1n) is 16.6. The third-order valence-corrected chi connectivity index (χ3v) is 9.37. The monoisotopic (exact) mass is 641 g/mol. The summed E-state index contributed by atoms with van der Waals surface area (Å²) in [4.78, 5) is 15.2. The summed E-state index contributed by atoms with van der Waals surface area (Å²) >= 11 is 0. The van der Waals surface area contributed by atoms with Crippen LogP contribution in [-0.2, 0) is 0 Å². The van der Waals surface area contributed by atoms with E-state index in [1.807, 2.05) is 78.9 Å². The highest BCUT2D eigenvalue weighted by Gasteiger charge is 2.21. The highest BCUT2D eigenvalue weighted by atomic mass is 16.3. The van der Waals surface area contributed by atoms with E-state index in [2.05, 4.69) is 84.9 Å². The van der Waals surface area contributed by atoms with E-state index in [1.165, 1.54) is 11.1 Å². The van der Waals surface area contributed by atoms with Crippen molar-refractivity contribution in [2.24, 2.45) is 0 Å². The van der Waals surface area contributed by atoms with Crippen molar-refractivity contribution in [2.75, 3.05) is 0 Å². The number of fused-ring (bicyclic) bond motifs is 6. The van der Waals surface area contributed by atoms with E-state index in [4.69, 9.17) is 23.8 Å². The second-order valence-corrected chi connectivity index (χ2v) is 12.4. The number of furan rings is 2. The molecule has 3 aromatic heterocycles. The minimum Gasteiger partial charge on any atom is -0.456 e. The summed E-state index contributed by atoms with van der Waals surface area (Å²) < 4.78 is 12.9. The number of para-hydroxylation sites is 2. The van der Waals surface area contributed by atoms with Crippen LogP contribution >= 0.6 is 0 Å². The second-order valence-electron chi connectivity index (χ2n) is 12.4. The van der Waals surface area contributed by atoms with Gasteiger partial charge in [0.25, 0.3) is 0 Å². The molecule has 0 spiro atoms. The first-order chi connectivity index (χ1) is 24.8. The Kier molecular flexibility index (Phi) is 6.42. The van der Waals surface area contributed by atoms with Crippen molar-refractivity contribution in [3.63, 3.8) is 0 Å². The quantitative estimate of drug-likeness (QED) is 0.187. The van der Waals surface area contributed by atoms with Crippen LogP contribution < -0.4 is 0 Å². The van der Waals surface area contributed by atoms with E-state index < -0.39 is 0 Å². The van der Waals surface area contributed by atoms with Crippen molar-refractivity contribution in [3.8, 4) is 56.4 Å². The van der Waals surface area contributed by atoms with Gasteiger partial charge in [0.1, 0.15) is 22.3 Å². The fourth-order valence-corrected chi connectivity index (χ4v) is 6.92. The van der Waals surface area contributed by atoms with Crippen LogP contribution in [-0.4, -0.2) is 15.0 Å². The van der Waals surface area contributed by atoms with Crippen molar-refractivity contribution in [3.05, 3.63) is 164 Å². The van der Waals surface area contributed by atoms with Gasteiger partial charge in [0.15, 0.2) is 17.5 Å². The Bertz CT molecular complexity index is 2850. The van der Waals surface area contributed by atoms with E-state index >= 15 is 0 Å². The maximum Gasteiger partial charge on any atom is 0.164 e. The predicted molar refractivity (Wildman–Crippen MR) is 202 cm³/mol. The number of benzene rings is 7. The van der Waals surface area contributed by atoms with Gasteiger partial charge in [0, 0.05) is 43.8 Å². The molecule has 0 bridgehead atoms. The minimum absolute atomic E-state index is 0.567. The van der Waals surface area contributed by atoms with Crippen molar-refractivity contribution >= 4 is 43.9 Å². The number of hydrogen-bond acceptors (Lipinski definition) is 5. The Morgan fingerprint density at radius 1 is 0.320 bits per heavy atom. The molecule has 0 amide bonds. The van der Waals surface area contributed by atoms with Gasteiger partial charge in [-0.15, -0.1) is 0 Å². The Morgan fingerprint density at radius 2 is 0.840 bits per heavy atom. The molecule has 0 unspecified atom stereocenters. The first-order valence-corrected chi connectivity index (χ1v) is 16.6. The molecule has 0 atom stereocenters. The Hall–Kier alpha value is -6.85. The summed E-state index contributed by atoms with van der Waals surface area (Å²) in [7, 11) is 0. The lowest BCUT2D eigenvalue weighted by Gasteiger charge is -2.11. The van der Waals surface area contributed by atoms with Crippen LogP contribution in [0.15, 0.2) is 173 Å². The zero-order chi connectivity index (χ0) is 33.0. The lowest BCUT2D eigenvalue weighted by molar-refractivity contribution is 0.669. The van der Waals surface area contributed by atoms with Gasteiger partial charge in [0.05, 0.1) is 0 Å². The summed E-state index contributed by atoms with van der Waals surface area (Å²) in [6, 6.07) is 55.7. The Labute approximate surface area is 287 Å². The zero-order valence-electron chi connectivity index (χ0n) is 26.7. The van der Waals surface area contributed by atoms with Gasteiger partial charge in [-0.25, -0.2) is 15.0 Å². The molecule has 0 aliphatic carbocycles. The lowest BCUT2D eigenvalue weighted by Crippen LogP contribution is -2.00. The van der Waals surface area contributed by atoms with E-state index in [9.17, 15) is 0 Å². The number of aromatic nitrogens is 3. The number of nitrogens with zero attached hydrogens (tertiary/aromatic N) is 3. The average Bonchev–Trinajstić information content (AvgIpc) is 3.77. The summed E-state index contributed by atoms with van der Waals surface area (Å²) in [5.74, 6) is 1.73. The van der Waals surface area contributed by atoms with Crippen molar-refractivity contribution < 1.29 is 8.83 Å². The van der Waals surface area contributed by atoms with Crippen molar-refractivity contribution in [1.29, 1.82) is 0 Å². The van der Waals surface area contributed by atoms with E-state index in [-0.39, 0.29) is 0 Å². The van der Waals surface area contributed by atoms with Gasteiger partial charge in [-0.3, -0.25) is 0 Å². The van der Waals surface area contributed by atoms with Crippen LogP contribution in [0.1, 0.15) is 0 Å². The topological polar surface area (TPSA) is 65.0 Å². The molecule has 0 fully saturated rings. The fraction of sp³-hybridized carbons (Fsp3) is 0. The van der Waals surface area contributed by atoms with Gasteiger partial charge in [-0.1, -0.05) is 127 Å². The van der Waals surface area contributed by atoms with Crippen LogP contribution in [0.25, 0.3) is 100 Å². The summed E-state index contributed by atoms with van der Waals surface area (Å²) in [5, 5.41) is 4.11. The molecule has 50 heavy (non-hydrogen) atoms. The normalized spacial score (nSPS) is 11.6. The molecule has 234 valence electrons. The Morgan fingerprint density at radius 3 is 1.60 bits per heavy atom. The van der Waals surface area contributed by atoms with E-state index in [1.54, 1.807) is 0 Å². The third kappa shape index (κ3) is 4.67. The molecule has 0 aliphatic rings. The molecule has 7 aromatic carbocycles. The molecule has 10 rings (SSSR count). The maximum atomic E-state index is 6.64. The largest absolute Gasteiger partial charge is 0.456 e. The van der Waals surface area contributed by atoms with E-state index in [0.717, 1.165) is 71.7 Å². The van der Waals surface area contributed by atoms with Gasteiger partial charge in [-0.05, 0) is 53.1 Å². The summed E-state index contributed by atoms with van der Waals surface area (Å²) in [6.45, 7) is 0. The molecule has 0 N–H and O–H groups in total. The van der Waals surface area contributed by atoms with Crippen molar-refractivity contribution in [1.82, 2.24) is 15.0 Å². The van der Waals surface area contributed by atoms with Crippen LogP contribution in [0.5, 0.6) is 0 Å². The molecule has 10 aromatic rings. The van der Waals surface area contributed by atoms with Gasteiger partial charge in [-0.2, -0.15) is 0 Å². The molecule has 0 saturated heterocycles. The number of rotatable bonds is 5. The molecule has 0 saturated carbocycles. The second kappa shape index (κ2) is 11.4. The lowest BCUT2D eigenvalue weighted by atomic mass is 9.96. The molecule has 0 aliphatic heterocycles. The summed E-state index contributed by atoms with van der Waals surface area (Å²) in [6.07, 6.45) is 0. The third-order valence-electron chi connectivity index (χ3n) is 9.37. The Balaban J connectivity index is 1.17. The smallest absolute Gasteiger partial charge is 0.164 e. The predicted octanol–water partition coefficient (Wildman–Crippen LogP) is 12.0. The van der Waals surface area contributed by atoms with Crippen LogP contribution in [0, 0.1) is 0 Å². The molecule has 5 heteroatoms. The van der Waals surface area contributed by atoms with Gasteiger partial charge < -0.3 is 8.83 Å². The van der Waals surface area contributed by atoms with Crippen LogP contribution in [0.3, 0.4) is 0 Å². The average molecular weight is 642 g/mol. The molecule has 5 nitrogen and oxygen atoms in total. The molecular formula is C45H27N3O2. The number of hydrogen-bond donors (Lipinski definition) is 0. The van der Waals surface area contributed by atoms with Crippen LogP contribution in [0.4, 0.5) is 0 Å². The fourth-order valence-electron chi connectivity index (χ4n) is 6.92. The highest BCUT2D eigenvalue weighted by Crippen LogP contribution is 2.42. The summed E-state index contributed by atoms with van der Waals surface area (Å²) in [5.41, 5.74) is 10.3. The highest BCUT2D eigenvalue weighted by molar-refractivity contribution is 6.16. The maximum absolute atomic E-state index is 6.64. The van der Waals surface area contributed by atoms with Crippen molar-refractivity contribution in [2.45, 2.75) is 0 Å². The van der Waals surface area contributed by atoms with Crippen LogP contribution in [0.2, 0.25) is 0 Å². The minimum atomic E-state index is 0.567. The molecule has 3 heterocycles. The van der Waals surface area contributed by atoms with Gasteiger partial charge in [0.2, 0.25) is 0 Å². The van der Waals surface area contributed by atoms with E-state index in [0.29, 0.717) is 17.5 Å².